The van der Waals surface area contributed by atoms with Crippen LogP contribution in [0.15, 0.2) is 24.4 Å². The topological polar surface area (TPSA) is 81.4 Å². The van der Waals surface area contributed by atoms with E-state index in [0.29, 0.717) is 5.56 Å². The SMILES string of the molecule is Cc1cc(N2CCN(c3cc(C#N)ccn3)CC2)nc(N2CCOCC2)n1. The third-order valence-corrected chi connectivity index (χ3v) is 4.93. The highest BCUT2D eigenvalue weighted by atomic mass is 16.5. The summed E-state index contributed by atoms with van der Waals surface area (Å²) in [6.45, 7) is 8.53. The lowest BCUT2D eigenvalue weighted by Crippen LogP contribution is -2.47. The number of ether oxygens (including phenoxy) is 1. The minimum Gasteiger partial charge on any atom is -0.378 e. The quantitative estimate of drug-likeness (QED) is 0.803. The van der Waals surface area contributed by atoms with Crippen LogP contribution in [-0.4, -0.2) is 67.4 Å². The monoisotopic (exact) mass is 365 g/mol. The molecule has 0 aromatic carbocycles. The summed E-state index contributed by atoms with van der Waals surface area (Å²) in [6.07, 6.45) is 1.70. The van der Waals surface area contributed by atoms with Crippen LogP contribution in [0.3, 0.4) is 0 Å². The summed E-state index contributed by atoms with van der Waals surface area (Å²) < 4.78 is 5.43. The Labute approximate surface area is 159 Å². The molecule has 0 radical (unpaired) electrons. The molecule has 2 aliphatic heterocycles. The Morgan fingerprint density at radius 3 is 2.33 bits per heavy atom. The summed E-state index contributed by atoms with van der Waals surface area (Å²) in [5.74, 6) is 2.63. The van der Waals surface area contributed by atoms with Crippen LogP contribution in [0.25, 0.3) is 0 Å². The van der Waals surface area contributed by atoms with Crippen molar-refractivity contribution in [1.29, 1.82) is 5.26 Å². The van der Waals surface area contributed by atoms with E-state index in [1.165, 1.54) is 0 Å². The van der Waals surface area contributed by atoms with Crippen molar-refractivity contribution >= 4 is 17.6 Å². The molecule has 0 aliphatic carbocycles. The van der Waals surface area contributed by atoms with Gasteiger partial charge in [0.05, 0.1) is 24.8 Å². The van der Waals surface area contributed by atoms with Crippen molar-refractivity contribution in [2.45, 2.75) is 6.92 Å². The Hall–Kier alpha value is -2.92. The van der Waals surface area contributed by atoms with Gasteiger partial charge in [-0.1, -0.05) is 0 Å². The number of rotatable bonds is 3. The first-order valence-electron chi connectivity index (χ1n) is 9.27. The Balaban J connectivity index is 1.46. The summed E-state index contributed by atoms with van der Waals surface area (Å²) in [5.41, 5.74) is 1.62. The lowest BCUT2D eigenvalue weighted by atomic mass is 10.2. The molecular formula is C19H23N7O. The van der Waals surface area contributed by atoms with E-state index >= 15 is 0 Å². The molecule has 2 fully saturated rings. The van der Waals surface area contributed by atoms with Crippen molar-refractivity contribution < 1.29 is 4.74 Å². The molecular weight excluding hydrogens is 342 g/mol. The first-order valence-corrected chi connectivity index (χ1v) is 9.27. The predicted molar refractivity (Wildman–Crippen MR) is 103 cm³/mol. The van der Waals surface area contributed by atoms with Gasteiger partial charge in [-0.3, -0.25) is 0 Å². The number of hydrogen-bond donors (Lipinski definition) is 0. The number of nitriles is 1. The second-order valence-corrected chi connectivity index (χ2v) is 6.76. The Morgan fingerprint density at radius 2 is 1.63 bits per heavy atom. The van der Waals surface area contributed by atoms with Gasteiger partial charge in [0.25, 0.3) is 0 Å². The standard InChI is InChI=1S/C19H23N7O/c1-15-12-18(23-19(22-15)26-8-10-27-11-9-26)25-6-4-24(5-7-25)17-13-16(14-20)2-3-21-17/h2-3,12-13H,4-11H2,1H3. The number of pyridine rings is 1. The maximum absolute atomic E-state index is 9.08. The lowest BCUT2D eigenvalue weighted by molar-refractivity contribution is 0.122. The van der Waals surface area contributed by atoms with Crippen LogP contribution in [0, 0.1) is 18.3 Å². The molecule has 8 heteroatoms. The molecule has 27 heavy (non-hydrogen) atoms. The van der Waals surface area contributed by atoms with Gasteiger partial charge >= 0.3 is 0 Å². The smallest absolute Gasteiger partial charge is 0.227 e. The fourth-order valence-electron chi connectivity index (χ4n) is 3.43. The highest BCUT2D eigenvalue weighted by molar-refractivity contribution is 5.50. The Kier molecular flexibility index (Phi) is 5.03. The molecule has 0 spiro atoms. The van der Waals surface area contributed by atoms with Crippen LogP contribution in [0.4, 0.5) is 17.6 Å². The van der Waals surface area contributed by atoms with Crippen LogP contribution in [-0.2, 0) is 4.74 Å². The van der Waals surface area contributed by atoms with E-state index in [1.54, 1.807) is 12.3 Å². The van der Waals surface area contributed by atoms with Gasteiger partial charge in [-0.15, -0.1) is 0 Å². The highest BCUT2D eigenvalue weighted by Gasteiger charge is 2.22. The molecule has 0 atom stereocenters. The number of hydrogen-bond acceptors (Lipinski definition) is 8. The molecule has 4 heterocycles. The van der Waals surface area contributed by atoms with E-state index in [9.17, 15) is 0 Å². The van der Waals surface area contributed by atoms with Crippen molar-refractivity contribution in [1.82, 2.24) is 15.0 Å². The van der Waals surface area contributed by atoms with Crippen molar-refractivity contribution in [2.24, 2.45) is 0 Å². The second kappa shape index (κ2) is 7.76. The lowest BCUT2D eigenvalue weighted by Gasteiger charge is -2.36. The molecule has 8 nitrogen and oxygen atoms in total. The van der Waals surface area contributed by atoms with Gasteiger partial charge in [0.2, 0.25) is 5.95 Å². The van der Waals surface area contributed by atoms with E-state index in [1.807, 2.05) is 19.1 Å². The number of aryl methyl sites for hydroxylation is 1. The van der Waals surface area contributed by atoms with Crippen molar-refractivity contribution in [2.75, 3.05) is 67.2 Å². The molecule has 4 rings (SSSR count). The van der Waals surface area contributed by atoms with E-state index in [-0.39, 0.29) is 0 Å². The minimum absolute atomic E-state index is 0.643. The molecule has 2 saturated heterocycles. The van der Waals surface area contributed by atoms with Crippen LogP contribution < -0.4 is 14.7 Å². The van der Waals surface area contributed by atoms with Gasteiger partial charge in [-0.25, -0.2) is 9.97 Å². The zero-order valence-electron chi connectivity index (χ0n) is 15.5. The third kappa shape index (κ3) is 3.93. The molecule has 140 valence electrons. The number of nitrogens with zero attached hydrogens (tertiary/aromatic N) is 7. The van der Waals surface area contributed by atoms with Crippen molar-refractivity contribution in [3.8, 4) is 6.07 Å². The normalized spacial score (nSPS) is 17.7. The van der Waals surface area contributed by atoms with Gasteiger partial charge in [-0.05, 0) is 19.1 Å². The van der Waals surface area contributed by atoms with Crippen LogP contribution in [0.5, 0.6) is 0 Å². The van der Waals surface area contributed by atoms with Gasteiger partial charge < -0.3 is 19.4 Å². The summed E-state index contributed by atoms with van der Waals surface area (Å²) in [7, 11) is 0. The summed E-state index contributed by atoms with van der Waals surface area (Å²) in [6, 6.07) is 7.81. The summed E-state index contributed by atoms with van der Waals surface area (Å²) >= 11 is 0. The number of piperazine rings is 1. The first kappa shape index (κ1) is 17.5. The molecule has 0 unspecified atom stereocenters. The molecule has 2 aromatic heterocycles. The summed E-state index contributed by atoms with van der Waals surface area (Å²) in [4.78, 5) is 20.5. The van der Waals surface area contributed by atoms with Gasteiger partial charge in [0, 0.05) is 57.2 Å². The van der Waals surface area contributed by atoms with Crippen LogP contribution >= 0.6 is 0 Å². The average Bonchev–Trinajstić information content (AvgIpc) is 2.74. The fourth-order valence-corrected chi connectivity index (χ4v) is 3.43. The van der Waals surface area contributed by atoms with E-state index < -0.39 is 0 Å². The molecule has 0 saturated carbocycles. The van der Waals surface area contributed by atoms with Crippen LogP contribution in [0.1, 0.15) is 11.3 Å². The third-order valence-electron chi connectivity index (χ3n) is 4.93. The largest absolute Gasteiger partial charge is 0.378 e. The van der Waals surface area contributed by atoms with E-state index in [0.717, 1.165) is 75.8 Å². The van der Waals surface area contributed by atoms with E-state index in [4.69, 9.17) is 15.0 Å². The number of anilines is 3. The van der Waals surface area contributed by atoms with E-state index in [2.05, 4.69) is 30.7 Å². The average molecular weight is 365 g/mol. The maximum atomic E-state index is 9.08. The molecule has 0 bridgehead atoms. The molecule has 0 N–H and O–H groups in total. The molecule has 2 aromatic rings. The Bertz CT molecular complexity index is 836. The highest BCUT2D eigenvalue weighted by Crippen LogP contribution is 2.21. The van der Waals surface area contributed by atoms with Crippen molar-refractivity contribution in [3.05, 3.63) is 35.7 Å². The zero-order chi connectivity index (χ0) is 18.6. The number of morpholine rings is 1. The Morgan fingerprint density at radius 1 is 0.926 bits per heavy atom. The maximum Gasteiger partial charge on any atom is 0.227 e. The van der Waals surface area contributed by atoms with Crippen LogP contribution in [0.2, 0.25) is 0 Å². The van der Waals surface area contributed by atoms with Crippen molar-refractivity contribution in [3.63, 3.8) is 0 Å². The zero-order valence-corrected chi connectivity index (χ0v) is 15.5. The second-order valence-electron chi connectivity index (χ2n) is 6.76. The predicted octanol–water partition coefficient (Wildman–Crippen LogP) is 1.21. The van der Waals surface area contributed by atoms with Gasteiger partial charge in [0.1, 0.15) is 11.6 Å². The van der Waals surface area contributed by atoms with Gasteiger partial charge in [0.15, 0.2) is 0 Å². The first-order chi connectivity index (χ1) is 13.2. The summed E-state index contributed by atoms with van der Waals surface area (Å²) in [5, 5.41) is 9.08. The number of aromatic nitrogens is 3. The fraction of sp³-hybridized carbons (Fsp3) is 0.474. The molecule has 0 amide bonds. The minimum atomic E-state index is 0.643. The molecule has 2 aliphatic rings. The van der Waals surface area contributed by atoms with Gasteiger partial charge in [-0.2, -0.15) is 10.2 Å².